The van der Waals surface area contributed by atoms with Crippen LogP contribution in [0.3, 0.4) is 0 Å². The molecule has 1 aliphatic rings. The van der Waals surface area contributed by atoms with E-state index in [9.17, 15) is 14.0 Å². The second-order valence-corrected chi connectivity index (χ2v) is 6.22. The summed E-state index contributed by atoms with van der Waals surface area (Å²) in [6.45, 7) is 2.91. The van der Waals surface area contributed by atoms with Crippen molar-refractivity contribution in [1.29, 1.82) is 0 Å². The lowest BCUT2D eigenvalue weighted by atomic mass is 10.1. The fraction of sp³-hybridized carbons (Fsp3) is 0.263. The molecular weight excluding hydrogens is 321 g/mol. The molecule has 1 atom stereocenters. The van der Waals surface area contributed by atoms with Crippen molar-refractivity contribution in [3.63, 3.8) is 0 Å². The van der Waals surface area contributed by atoms with E-state index in [4.69, 9.17) is 0 Å². The van der Waals surface area contributed by atoms with Crippen LogP contribution in [0, 0.1) is 18.7 Å². The van der Waals surface area contributed by atoms with Crippen molar-refractivity contribution in [3.05, 3.63) is 59.9 Å². The summed E-state index contributed by atoms with van der Waals surface area (Å²) >= 11 is 0. The smallest absolute Gasteiger partial charge is 0.319 e. The lowest BCUT2D eigenvalue weighted by Gasteiger charge is -2.17. The van der Waals surface area contributed by atoms with Gasteiger partial charge in [-0.2, -0.15) is 0 Å². The van der Waals surface area contributed by atoms with Gasteiger partial charge in [-0.05, 0) is 31.2 Å². The van der Waals surface area contributed by atoms with Crippen LogP contribution in [0.4, 0.5) is 20.6 Å². The number of hydrogen-bond donors (Lipinski definition) is 2. The minimum absolute atomic E-state index is 0.0279. The van der Waals surface area contributed by atoms with Gasteiger partial charge in [0.1, 0.15) is 5.82 Å². The molecule has 130 valence electrons. The summed E-state index contributed by atoms with van der Waals surface area (Å²) in [4.78, 5) is 25.8. The maximum atomic E-state index is 13.5. The molecule has 3 amide bonds. The third kappa shape index (κ3) is 4.15. The molecule has 1 saturated heterocycles. The van der Waals surface area contributed by atoms with E-state index >= 15 is 0 Å². The van der Waals surface area contributed by atoms with Gasteiger partial charge in [0.25, 0.3) is 0 Å². The molecular formula is C19H20FN3O2. The van der Waals surface area contributed by atoms with Crippen LogP contribution in [-0.4, -0.2) is 25.0 Å². The molecule has 0 bridgehead atoms. The Balaban J connectivity index is 1.52. The van der Waals surface area contributed by atoms with Gasteiger partial charge in [0.05, 0.1) is 5.69 Å². The third-order valence-electron chi connectivity index (χ3n) is 4.22. The molecule has 1 heterocycles. The highest BCUT2D eigenvalue weighted by Gasteiger charge is 2.30. The largest absolute Gasteiger partial charge is 0.338 e. The van der Waals surface area contributed by atoms with Gasteiger partial charge in [0.15, 0.2) is 0 Å². The van der Waals surface area contributed by atoms with Crippen LogP contribution in [0.15, 0.2) is 48.5 Å². The lowest BCUT2D eigenvalue weighted by Crippen LogP contribution is -2.34. The Bertz CT molecular complexity index is 776. The number of carbonyl (C=O) groups excluding carboxylic acids is 2. The van der Waals surface area contributed by atoms with E-state index in [1.54, 1.807) is 17.0 Å². The molecule has 1 fully saturated rings. The van der Waals surface area contributed by atoms with Crippen molar-refractivity contribution in [2.24, 2.45) is 5.92 Å². The Kier molecular flexibility index (Phi) is 4.97. The van der Waals surface area contributed by atoms with E-state index in [0.29, 0.717) is 19.5 Å². The minimum Gasteiger partial charge on any atom is -0.338 e. The molecule has 5 nitrogen and oxygen atoms in total. The molecule has 0 aliphatic carbocycles. The fourth-order valence-corrected chi connectivity index (χ4v) is 2.86. The molecule has 1 aliphatic heterocycles. The van der Waals surface area contributed by atoms with Crippen molar-refractivity contribution in [3.8, 4) is 0 Å². The normalized spacial score (nSPS) is 16.8. The quantitative estimate of drug-likeness (QED) is 0.896. The topological polar surface area (TPSA) is 61.4 Å². The van der Waals surface area contributed by atoms with E-state index in [1.807, 2.05) is 31.2 Å². The minimum atomic E-state index is -0.487. The predicted molar refractivity (Wildman–Crippen MR) is 95.1 cm³/mol. The first-order chi connectivity index (χ1) is 12.0. The summed E-state index contributed by atoms with van der Waals surface area (Å²) in [5.41, 5.74) is 2.14. The Morgan fingerprint density at radius 2 is 1.92 bits per heavy atom. The summed E-state index contributed by atoms with van der Waals surface area (Å²) in [6.07, 6.45) is 0.383. The Morgan fingerprint density at radius 1 is 1.20 bits per heavy atom. The number of hydrogen-bond acceptors (Lipinski definition) is 2. The SMILES string of the molecule is Cc1ccc(N2CC(CNC(=O)Nc3ccccc3F)CC2=O)cc1. The van der Waals surface area contributed by atoms with E-state index in [1.165, 1.54) is 12.1 Å². The third-order valence-corrected chi connectivity index (χ3v) is 4.22. The second-order valence-electron chi connectivity index (χ2n) is 6.22. The van der Waals surface area contributed by atoms with Crippen molar-refractivity contribution in [2.75, 3.05) is 23.3 Å². The molecule has 2 aromatic rings. The summed E-state index contributed by atoms with van der Waals surface area (Å²) in [7, 11) is 0. The van der Waals surface area contributed by atoms with Crippen molar-refractivity contribution < 1.29 is 14.0 Å². The van der Waals surface area contributed by atoms with Gasteiger partial charge in [-0.15, -0.1) is 0 Å². The number of aryl methyl sites for hydroxylation is 1. The number of benzene rings is 2. The van der Waals surface area contributed by atoms with Crippen LogP contribution in [0.1, 0.15) is 12.0 Å². The summed E-state index contributed by atoms with van der Waals surface area (Å²) in [6, 6.07) is 13.3. The van der Waals surface area contributed by atoms with Crippen molar-refractivity contribution in [1.82, 2.24) is 5.32 Å². The summed E-state index contributed by atoms with van der Waals surface area (Å²) in [5, 5.41) is 5.18. The first-order valence-corrected chi connectivity index (χ1v) is 8.19. The highest BCUT2D eigenvalue weighted by molar-refractivity contribution is 5.96. The molecule has 0 saturated carbocycles. The number of halogens is 1. The number of urea groups is 1. The Morgan fingerprint density at radius 3 is 2.64 bits per heavy atom. The van der Waals surface area contributed by atoms with Crippen LogP contribution >= 0.6 is 0 Å². The van der Waals surface area contributed by atoms with Crippen LogP contribution in [0.2, 0.25) is 0 Å². The zero-order chi connectivity index (χ0) is 17.8. The first-order valence-electron chi connectivity index (χ1n) is 8.19. The van der Waals surface area contributed by atoms with E-state index in [0.717, 1.165) is 11.3 Å². The number of amides is 3. The van der Waals surface area contributed by atoms with Gasteiger partial charge in [-0.3, -0.25) is 4.79 Å². The Labute approximate surface area is 145 Å². The van der Waals surface area contributed by atoms with Crippen molar-refractivity contribution in [2.45, 2.75) is 13.3 Å². The van der Waals surface area contributed by atoms with Crippen molar-refractivity contribution >= 4 is 23.3 Å². The molecule has 1 unspecified atom stereocenters. The average Bonchev–Trinajstić information content (AvgIpc) is 2.97. The zero-order valence-electron chi connectivity index (χ0n) is 14.0. The number of nitrogens with one attached hydrogen (secondary N) is 2. The Hall–Kier alpha value is -2.89. The fourth-order valence-electron chi connectivity index (χ4n) is 2.86. The van der Waals surface area contributed by atoms with Crippen LogP contribution in [0.25, 0.3) is 0 Å². The van der Waals surface area contributed by atoms with Gasteiger partial charge in [-0.25, -0.2) is 9.18 Å². The summed E-state index contributed by atoms with van der Waals surface area (Å²) in [5.74, 6) is -0.412. The maximum Gasteiger partial charge on any atom is 0.319 e. The monoisotopic (exact) mass is 341 g/mol. The number of anilines is 2. The van der Waals surface area contributed by atoms with Crippen LogP contribution in [0.5, 0.6) is 0 Å². The van der Waals surface area contributed by atoms with E-state index < -0.39 is 11.8 Å². The standard InChI is InChI=1S/C19H20FN3O2/c1-13-6-8-15(9-7-13)23-12-14(10-18(23)24)11-21-19(25)22-17-5-3-2-4-16(17)20/h2-9,14H,10-12H2,1H3,(H2,21,22,25). The number of rotatable bonds is 4. The molecule has 0 radical (unpaired) electrons. The maximum absolute atomic E-state index is 13.5. The molecule has 6 heteroatoms. The van der Waals surface area contributed by atoms with E-state index in [2.05, 4.69) is 10.6 Å². The first kappa shape index (κ1) is 17.0. The molecule has 2 aromatic carbocycles. The number of para-hydroxylation sites is 1. The highest BCUT2D eigenvalue weighted by atomic mass is 19.1. The van der Waals surface area contributed by atoms with Gasteiger partial charge in [0.2, 0.25) is 5.91 Å². The molecule has 2 N–H and O–H groups in total. The predicted octanol–water partition coefficient (Wildman–Crippen LogP) is 3.31. The van der Waals surface area contributed by atoms with Crippen LogP contribution < -0.4 is 15.5 Å². The molecule has 25 heavy (non-hydrogen) atoms. The number of carbonyl (C=O) groups is 2. The average molecular weight is 341 g/mol. The summed E-state index contributed by atoms with van der Waals surface area (Å²) < 4.78 is 13.5. The highest BCUT2D eigenvalue weighted by Crippen LogP contribution is 2.25. The molecule has 0 aromatic heterocycles. The van der Waals surface area contributed by atoms with E-state index in [-0.39, 0.29) is 17.5 Å². The zero-order valence-corrected chi connectivity index (χ0v) is 14.0. The second kappa shape index (κ2) is 7.34. The van der Waals surface area contributed by atoms with Gasteiger partial charge >= 0.3 is 6.03 Å². The van der Waals surface area contributed by atoms with Gasteiger partial charge < -0.3 is 15.5 Å². The van der Waals surface area contributed by atoms with Gasteiger partial charge in [-0.1, -0.05) is 29.8 Å². The van der Waals surface area contributed by atoms with Gasteiger partial charge in [0, 0.05) is 31.1 Å². The number of nitrogens with zero attached hydrogens (tertiary/aromatic N) is 1. The van der Waals surface area contributed by atoms with Crippen LogP contribution in [-0.2, 0) is 4.79 Å². The molecule has 0 spiro atoms. The lowest BCUT2D eigenvalue weighted by molar-refractivity contribution is -0.117. The molecule has 3 rings (SSSR count).